The van der Waals surface area contributed by atoms with Crippen molar-refractivity contribution in [2.24, 2.45) is 0 Å². The predicted molar refractivity (Wildman–Crippen MR) is 323 cm³/mol. The Balaban J connectivity index is 0.994. The summed E-state index contributed by atoms with van der Waals surface area (Å²) >= 11 is 0. The average Bonchev–Trinajstić information content (AvgIpc) is 4.27. The van der Waals surface area contributed by atoms with E-state index in [0.29, 0.717) is 5.56 Å². The summed E-state index contributed by atoms with van der Waals surface area (Å²) in [5, 5.41) is 20.6. The molecule has 16 aromatic rings. The molecule has 0 atom stereocenters. The topological polar surface area (TPSA) is 56.4 Å². The van der Waals surface area contributed by atoms with Crippen molar-refractivity contribution >= 4 is 87.2 Å². The van der Waals surface area contributed by atoms with E-state index in [1.807, 2.05) is 0 Å². The monoisotopic (exact) mass is 992 g/mol. The largest absolute Gasteiger partial charge is 0.309 e. The van der Waals surface area contributed by atoms with Crippen molar-refractivity contribution in [2.45, 2.75) is 0 Å². The maximum Gasteiger partial charge on any atom is 0.0993 e. The Bertz CT molecular complexity index is 4820. The molecule has 362 valence electrons. The van der Waals surface area contributed by atoms with Crippen LogP contribution in [-0.4, -0.2) is 23.3 Å². The van der Waals surface area contributed by atoms with Gasteiger partial charge in [0.1, 0.15) is 0 Å². The second kappa shape index (κ2) is 17.2. The minimum Gasteiger partial charge on any atom is -0.309 e. The number of hydrogen-bond donors (Lipinski definition) is 0. The number of fused-ring (bicyclic) bond motifs is 12. The maximum absolute atomic E-state index is 11.3. The normalized spacial score (nSPS) is 11.8. The second-order valence-electron chi connectivity index (χ2n) is 20.2. The molecule has 0 bridgehead atoms. The molecule has 0 saturated heterocycles. The van der Waals surface area contributed by atoms with E-state index >= 15 is 0 Å². The van der Waals surface area contributed by atoms with E-state index in [1.54, 1.807) is 0 Å². The van der Waals surface area contributed by atoms with Crippen molar-refractivity contribution in [1.29, 1.82) is 5.26 Å². The molecule has 6 nitrogen and oxygen atoms in total. The molecule has 0 aliphatic heterocycles. The minimum atomic E-state index is 0.537. The standard InChI is InChI=1S/C72H44N6/c73-45-46-41-70(77-66-35-16-10-27-56(66)58-43-48(37-39-68(58)77)75-62-31-12-6-23-52(62)53-24-7-13-32-63(53)75)72(61-30-18-29-60(74-61)51-22-5-4-21-50(51)47-19-2-1-3-20-47)71(42-46)78-67-36-17-11-28-57(67)59-44-49(38-40-69(59)78)76-64-33-14-8-25-54(64)55-26-9-15-34-65(55)76/h1-44H. The third kappa shape index (κ3) is 6.46. The Kier molecular flexibility index (Phi) is 9.60. The first-order valence-corrected chi connectivity index (χ1v) is 26.4. The molecule has 0 saturated carbocycles. The summed E-state index contributed by atoms with van der Waals surface area (Å²) in [5.41, 5.74) is 18.9. The summed E-state index contributed by atoms with van der Waals surface area (Å²) in [6.07, 6.45) is 0. The number of aromatic nitrogens is 5. The molecular weight excluding hydrogens is 949 g/mol. The van der Waals surface area contributed by atoms with Crippen LogP contribution in [0, 0.1) is 11.3 Å². The highest BCUT2D eigenvalue weighted by Crippen LogP contribution is 2.45. The molecule has 16 rings (SSSR count). The molecule has 0 aliphatic rings. The van der Waals surface area contributed by atoms with Crippen LogP contribution in [0.1, 0.15) is 5.56 Å². The molecular formula is C72H44N6. The van der Waals surface area contributed by atoms with Gasteiger partial charge in [0.2, 0.25) is 0 Å². The molecule has 5 heterocycles. The average molecular weight is 993 g/mol. The highest BCUT2D eigenvalue weighted by Gasteiger charge is 2.26. The van der Waals surface area contributed by atoms with Crippen LogP contribution in [0.5, 0.6) is 0 Å². The van der Waals surface area contributed by atoms with Gasteiger partial charge in [0.25, 0.3) is 0 Å². The lowest BCUT2D eigenvalue weighted by atomic mass is 9.96. The first-order valence-electron chi connectivity index (χ1n) is 26.4. The Labute approximate surface area is 448 Å². The highest BCUT2D eigenvalue weighted by atomic mass is 15.0. The molecule has 6 heteroatoms. The minimum absolute atomic E-state index is 0.537. The summed E-state index contributed by atoms with van der Waals surface area (Å²) in [5.74, 6) is 0. The lowest BCUT2D eigenvalue weighted by Crippen LogP contribution is -2.06. The van der Waals surface area contributed by atoms with E-state index in [0.717, 1.165) is 122 Å². The quantitative estimate of drug-likeness (QED) is 0.160. The molecule has 0 aliphatic carbocycles. The fraction of sp³-hybridized carbons (Fsp3) is 0. The van der Waals surface area contributed by atoms with E-state index < -0.39 is 0 Å². The maximum atomic E-state index is 11.3. The summed E-state index contributed by atoms with van der Waals surface area (Å²) in [6.45, 7) is 0. The van der Waals surface area contributed by atoms with Crippen molar-refractivity contribution in [1.82, 2.24) is 23.3 Å². The van der Waals surface area contributed by atoms with Gasteiger partial charge in [0.15, 0.2) is 0 Å². The van der Waals surface area contributed by atoms with Crippen LogP contribution in [0.25, 0.3) is 144 Å². The summed E-state index contributed by atoms with van der Waals surface area (Å²) in [7, 11) is 0. The number of benzene rings is 11. The molecule has 0 N–H and O–H groups in total. The number of rotatable bonds is 7. The smallest absolute Gasteiger partial charge is 0.0993 e. The van der Waals surface area contributed by atoms with E-state index in [2.05, 4.69) is 291 Å². The Morgan fingerprint density at radius 1 is 0.282 bits per heavy atom. The number of nitriles is 1. The fourth-order valence-corrected chi connectivity index (χ4v) is 12.7. The van der Waals surface area contributed by atoms with E-state index in [4.69, 9.17) is 4.98 Å². The van der Waals surface area contributed by atoms with Crippen LogP contribution in [0.2, 0.25) is 0 Å². The van der Waals surface area contributed by atoms with Gasteiger partial charge in [-0.2, -0.15) is 5.26 Å². The summed E-state index contributed by atoms with van der Waals surface area (Å²) in [4.78, 5) is 5.71. The van der Waals surface area contributed by atoms with E-state index in [-0.39, 0.29) is 0 Å². The molecule has 0 unspecified atom stereocenters. The van der Waals surface area contributed by atoms with Crippen LogP contribution in [-0.2, 0) is 0 Å². The van der Waals surface area contributed by atoms with Crippen LogP contribution in [0.4, 0.5) is 0 Å². The Morgan fingerprint density at radius 2 is 0.641 bits per heavy atom. The number of nitrogens with zero attached hydrogens (tertiary/aromatic N) is 6. The first-order chi connectivity index (χ1) is 38.7. The van der Waals surface area contributed by atoms with Gasteiger partial charge in [0.05, 0.1) is 78.5 Å². The third-order valence-corrected chi connectivity index (χ3v) is 16.0. The van der Waals surface area contributed by atoms with Gasteiger partial charge in [-0.05, 0) is 108 Å². The Morgan fingerprint density at radius 3 is 1.09 bits per heavy atom. The first kappa shape index (κ1) is 43.6. The molecule has 0 amide bonds. The number of para-hydroxylation sites is 6. The number of pyridine rings is 1. The van der Waals surface area contributed by atoms with Gasteiger partial charge in [-0.3, -0.25) is 0 Å². The second-order valence-corrected chi connectivity index (χ2v) is 20.2. The van der Waals surface area contributed by atoms with Crippen molar-refractivity contribution in [3.63, 3.8) is 0 Å². The lowest BCUT2D eigenvalue weighted by Gasteiger charge is -2.21. The zero-order valence-electron chi connectivity index (χ0n) is 42.1. The Hall–Kier alpha value is -10.7. The molecule has 0 spiro atoms. The van der Waals surface area contributed by atoms with E-state index in [9.17, 15) is 5.26 Å². The zero-order valence-corrected chi connectivity index (χ0v) is 42.1. The van der Waals surface area contributed by atoms with E-state index in [1.165, 1.54) is 21.5 Å². The van der Waals surface area contributed by atoms with Crippen LogP contribution in [0.3, 0.4) is 0 Å². The van der Waals surface area contributed by atoms with Gasteiger partial charge >= 0.3 is 0 Å². The molecule has 78 heavy (non-hydrogen) atoms. The zero-order chi connectivity index (χ0) is 51.4. The van der Waals surface area contributed by atoms with Gasteiger partial charge in [-0.15, -0.1) is 0 Å². The third-order valence-electron chi connectivity index (χ3n) is 16.0. The molecule has 0 fully saturated rings. The summed E-state index contributed by atoms with van der Waals surface area (Å²) in [6, 6.07) is 97.8. The van der Waals surface area contributed by atoms with Gasteiger partial charge in [-0.25, -0.2) is 4.98 Å². The van der Waals surface area contributed by atoms with Crippen molar-refractivity contribution < 1.29 is 0 Å². The van der Waals surface area contributed by atoms with Gasteiger partial charge in [0, 0.05) is 65.6 Å². The van der Waals surface area contributed by atoms with Gasteiger partial charge < -0.3 is 18.3 Å². The van der Waals surface area contributed by atoms with Crippen LogP contribution < -0.4 is 0 Å². The molecule has 0 radical (unpaired) electrons. The lowest BCUT2D eigenvalue weighted by molar-refractivity contribution is 1.12. The van der Waals surface area contributed by atoms with Crippen molar-refractivity contribution in [3.05, 3.63) is 272 Å². The molecule has 11 aromatic carbocycles. The van der Waals surface area contributed by atoms with Gasteiger partial charge in [-0.1, -0.05) is 170 Å². The van der Waals surface area contributed by atoms with Crippen LogP contribution in [0.15, 0.2) is 267 Å². The predicted octanol–water partition coefficient (Wildman–Crippen LogP) is 18.3. The SMILES string of the molecule is N#Cc1cc(-n2c3ccccc3c3cc(-n4c5ccccc5c5ccccc54)ccc32)c(-c2cccc(-c3ccccc3-c3ccccc3)n2)c(-n2c3ccccc3c3cc(-n4c5ccccc5c5ccccc54)ccc32)c1. The summed E-state index contributed by atoms with van der Waals surface area (Å²) < 4.78 is 9.49. The highest BCUT2D eigenvalue weighted by molar-refractivity contribution is 6.15. The fourth-order valence-electron chi connectivity index (χ4n) is 12.7. The van der Waals surface area contributed by atoms with Crippen molar-refractivity contribution in [3.8, 4) is 62.5 Å². The number of hydrogen-bond acceptors (Lipinski definition) is 2. The van der Waals surface area contributed by atoms with Crippen LogP contribution >= 0.6 is 0 Å². The molecule has 5 aromatic heterocycles. The van der Waals surface area contributed by atoms with Crippen molar-refractivity contribution in [2.75, 3.05) is 0 Å².